The molecular weight excluding hydrogens is 376 g/mol. The summed E-state index contributed by atoms with van der Waals surface area (Å²) in [6, 6.07) is 8.06. The average Bonchev–Trinajstić information content (AvgIpc) is 3.13. The number of benzene rings is 1. The van der Waals surface area contributed by atoms with Crippen molar-refractivity contribution >= 4 is 33.2 Å². The lowest BCUT2D eigenvalue weighted by molar-refractivity contribution is -0.139. The van der Waals surface area contributed by atoms with E-state index in [4.69, 9.17) is 5.11 Å². The predicted molar refractivity (Wildman–Crippen MR) is 98.6 cm³/mol. The fourth-order valence-corrected chi connectivity index (χ4v) is 3.98. The molecule has 1 heterocycles. The van der Waals surface area contributed by atoms with Gasteiger partial charge >= 0.3 is 5.97 Å². The fraction of sp³-hybridized carbons (Fsp3) is 0.294. The van der Waals surface area contributed by atoms with Crippen molar-refractivity contribution in [2.45, 2.75) is 37.2 Å². The molecule has 1 aromatic carbocycles. The summed E-state index contributed by atoms with van der Waals surface area (Å²) in [7, 11) is -3.69. The van der Waals surface area contributed by atoms with Gasteiger partial charge in [0.05, 0.1) is 4.90 Å². The maximum atomic E-state index is 12.3. The van der Waals surface area contributed by atoms with Crippen molar-refractivity contribution in [3.63, 3.8) is 0 Å². The number of thiophene rings is 1. The minimum Gasteiger partial charge on any atom is -0.480 e. The monoisotopic (exact) mass is 396 g/mol. The van der Waals surface area contributed by atoms with Gasteiger partial charge in [-0.15, -0.1) is 11.3 Å². The maximum Gasteiger partial charge on any atom is 0.326 e. The Morgan fingerprint density at radius 3 is 2.42 bits per heavy atom. The zero-order chi connectivity index (χ0) is 19.2. The Labute approximate surface area is 156 Å². The van der Waals surface area contributed by atoms with Crippen LogP contribution in [-0.4, -0.2) is 31.4 Å². The number of rotatable bonds is 9. The van der Waals surface area contributed by atoms with Crippen LogP contribution in [0, 0.1) is 0 Å². The molecule has 1 unspecified atom stereocenters. The van der Waals surface area contributed by atoms with E-state index in [0.717, 1.165) is 4.88 Å². The SMILES string of the molecule is CCCC(NC(=O)c1ccc(S(=O)(=O)NCc2cccs2)cc1)C(=O)O. The summed E-state index contributed by atoms with van der Waals surface area (Å²) < 4.78 is 27.0. The highest BCUT2D eigenvalue weighted by atomic mass is 32.2. The number of sulfonamides is 1. The van der Waals surface area contributed by atoms with Gasteiger partial charge in [-0.2, -0.15) is 0 Å². The number of hydrogen-bond donors (Lipinski definition) is 3. The van der Waals surface area contributed by atoms with Gasteiger partial charge in [-0.05, 0) is 42.1 Å². The van der Waals surface area contributed by atoms with Gasteiger partial charge in [0.1, 0.15) is 6.04 Å². The van der Waals surface area contributed by atoms with Crippen LogP contribution in [0.5, 0.6) is 0 Å². The molecule has 0 bridgehead atoms. The molecule has 0 saturated heterocycles. The van der Waals surface area contributed by atoms with E-state index in [9.17, 15) is 18.0 Å². The van der Waals surface area contributed by atoms with E-state index >= 15 is 0 Å². The van der Waals surface area contributed by atoms with Crippen LogP contribution in [-0.2, 0) is 21.4 Å². The number of aliphatic carboxylic acids is 1. The lowest BCUT2D eigenvalue weighted by atomic mass is 10.1. The number of amides is 1. The molecule has 0 radical (unpaired) electrons. The molecule has 0 aliphatic carbocycles. The minimum atomic E-state index is -3.69. The van der Waals surface area contributed by atoms with Crippen molar-refractivity contribution in [3.05, 3.63) is 52.2 Å². The van der Waals surface area contributed by atoms with E-state index in [1.807, 2.05) is 24.4 Å². The standard InChI is InChI=1S/C17H20N2O5S2/c1-2-4-15(17(21)22)19-16(20)12-6-8-14(9-7-12)26(23,24)18-11-13-5-3-10-25-13/h3,5-10,15,18H,2,4,11H2,1H3,(H,19,20)(H,21,22). The van der Waals surface area contributed by atoms with Gasteiger partial charge in [-0.3, -0.25) is 4.79 Å². The van der Waals surface area contributed by atoms with Crippen LogP contribution in [0.3, 0.4) is 0 Å². The summed E-state index contributed by atoms with van der Waals surface area (Å²) in [5, 5.41) is 13.4. The van der Waals surface area contributed by atoms with Crippen molar-refractivity contribution in [3.8, 4) is 0 Å². The van der Waals surface area contributed by atoms with Gasteiger partial charge in [0, 0.05) is 17.0 Å². The van der Waals surface area contributed by atoms with Crippen LogP contribution in [0.1, 0.15) is 35.0 Å². The van der Waals surface area contributed by atoms with Crippen LogP contribution in [0.15, 0.2) is 46.7 Å². The molecule has 0 saturated carbocycles. The number of carbonyl (C=O) groups is 2. The first-order valence-corrected chi connectivity index (χ1v) is 10.4. The molecule has 1 amide bonds. The number of carboxylic acids is 1. The molecule has 2 aromatic rings. The number of carbonyl (C=O) groups excluding carboxylic acids is 1. The first-order valence-electron chi connectivity index (χ1n) is 7.99. The molecule has 140 valence electrons. The molecule has 0 aliphatic heterocycles. The van der Waals surface area contributed by atoms with Gasteiger partial charge in [0.25, 0.3) is 5.91 Å². The van der Waals surface area contributed by atoms with E-state index in [1.54, 1.807) is 0 Å². The number of carboxylic acid groups (broad SMARTS) is 1. The average molecular weight is 396 g/mol. The Balaban J connectivity index is 2.04. The van der Waals surface area contributed by atoms with Crippen LogP contribution >= 0.6 is 11.3 Å². The normalized spacial score (nSPS) is 12.5. The Morgan fingerprint density at radius 1 is 1.19 bits per heavy atom. The Hall–Kier alpha value is -2.23. The lowest BCUT2D eigenvalue weighted by Gasteiger charge is -2.13. The predicted octanol–water partition coefficient (Wildman–Crippen LogP) is 2.21. The van der Waals surface area contributed by atoms with Crippen LogP contribution in [0.25, 0.3) is 0 Å². The molecule has 9 heteroatoms. The summed E-state index contributed by atoms with van der Waals surface area (Å²) in [6.45, 7) is 2.02. The van der Waals surface area contributed by atoms with Crippen molar-refractivity contribution < 1.29 is 23.1 Å². The van der Waals surface area contributed by atoms with Crippen LogP contribution < -0.4 is 10.0 Å². The summed E-state index contributed by atoms with van der Waals surface area (Å²) in [4.78, 5) is 24.2. The zero-order valence-corrected chi connectivity index (χ0v) is 15.8. The van der Waals surface area contributed by atoms with Gasteiger partial charge in [0.15, 0.2) is 0 Å². The summed E-state index contributed by atoms with van der Waals surface area (Å²) in [6.07, 6.45) is 0.935. The molecule has 1 atom stereocenters. The van der Waals surface area contributed by atoms with E-state index in [-0.39, 0.29) is 17.0 Å². The summed E-state index contributed by atoms with van der Waals surface area (Å²) >= 11 is 1.45. The fourth-order valence-electron chi connectivity index (χ4n) is 2.24. The van der Waals surface area contributed by atoms with Crippen LogP contribution in [0.4, 0.5) is 0 Å². The first-order chi connectivity index (χ1) is 12.3. The van der Waals surface area contributed by atoms with Gasteiger partial charge < -0.3 is 10.4 Å². The lowest BCUT2D eigenvalue weighted by Crippen LogP contribution is -2.40. The molecule has 2 rings (SSSR count). The summed E-state index contributed by atoms with van der Waals surface area (Å²) in [5.41, 5.74) is 0.199. The second-order valence-electron chi connectivity index (χ2n) is 5.58. The molecule has 0 fully saturated rings. The van der Waals surface area contributed by atoms with Crippen molar-refractivity contribution in [1.29, 1.82) is 0 Å². The van der Waals surface area contributed by atoms with Crippen molar-refractivity contribution in [2.24, 2.45) is 0 Å². The quantitative estimate of drug-likeness (QED) is 0.601. The van der Waals surface area contributed by atoms with E-state index in [2.05, 4.69) is 10.0 Å². The van der Waals surface area contributed by atoms with Gasteiger partial charge in [-0.1, -0.05) is 19.4 Å². The Bertz CT molecular complexity index is 846. The third-order valence-electron chi connectivity index (χ3n) is 3.62. The van der Waals surface area contributed by atoms with E-state index < -0.39 is 27.9 Å². The summed E-state index contributed by atoms with van der Waals surface area (Å²) in [5.74, 6) is -1.65. The molecule has 26 heavy (non-hydrogen) atoms. The van der Waals surface area contributed by atoms with Crippen molar-refractivity contribution in [1.82, 2.24) is 10.0 Å². The largest absolute Gasteiger partial charge is 0.480 e. The molecule has 3 N–H and O–H groups in total. The van der Waals surface area contributed by atoms with E-state index in [0.29, 0.717) is 12.8 Å². The van der Waals surface area contributed by atoms with Crippen molar-refractivity contribution in [2.75, 3.05) is 0 Å². The molecule has 7 nitrogen and oxygen atoms in total. The molecule has 0 spiro atoms. The highest BCUT2D eigenvalue weighted by molar-refractivity contribution is 7.89. The Kier molecular flexibility index (Phi) is 6.90. The number of nitrogens with one attached hydrogen (secondary N) is 2. The highest BCUT2D eigenvalue weighted by Gasteiger charge is 2.20. The second kappa shape index (κ2) is 8.93. The third-order valence-corrected chi connectivity index (χ3v) is 5.92. The van der Waals surface area contributed by atoms with Gasteiger partial charge in [0.2, 0.25) is 10.0 Å². The van der Waals surface area contributed by atoms with Gasteiger partial charge in [-0.25, -0.2) is 17.9 Å². The molecule has 0 aliphatic rings. The number of hydrogen-bond acceptors (Lipinski definition) is 5. The van der Waals surface area contributed by atoms with Crippen LogP contribution in [0.2, 0.25) is 0 Å². The third kappa shape index (κ3) is 5.38. The molecular formula is C17H20N2O5S2. The topological polar surface area (TPSA) is 113 Å². The minimum absolute atomic E-state index is 0.0361. The second-order valence-corrected chi connectivity index (χ2v) is 8.38. The smallest absolute Gasteiger partial charge is 0.326 e. The first kappa shape index (κ1) is 20.1. The Morgan fingerprint density at radius 2 is 1.88 bits per heavy atom. The van der Waals surface area contributed by atoms with E-state index in [1.165, 1.54) is 35.6 Å². The zero-order valence-electron chi connectivity index (χ0n) is 14.1. The highest BCUT2D eigenvalue weighted by Crippen LogP contribution is 2.13. The maximum absolute atomic E-state index is 12.3. The molecule has 1 aromatic heterocycles.